The summed E-state index contributed by atoms with van der Waals surface area (Å²) in [6.45, 7) is 0. The zero-order valence-corrected chi connectivity index (χ0v) is 2.79. The van der Waals surface area contributed by atoms with E-state index in [4.69, 9.17) is 20.5 Å². The van der Waals surface area contributed by atoms with Crippen molar-refractivity contribution in [2.45, 2.75) is 6.10 Å². The molecule has 0 radical (unpaired) electrons. The fourth-order valence-corrected chi connectivity index (χ4v) is 0. The van der Waals surface area contributed by atoms with Crippen LogP contribution in [0, 0.1) is 0 Å². The maximum Gasteiger partial charge on any atom is 0.365 e. The monoisotopic (exact) mass is 95.0 g/mol. The second kappa shape index (κ2) is 1.50. The summed E-state index contributed by atoms with van der Waals surface area (Å²) in [6, 6.07) is 0. The zero-order valence-electron chi connectivity index (χ0n) is 2.79. The lowest BCUT2D eigenvalue weighted by Gasteiger charge is -2.07. The van der Waals surface area contributed by atoms with Gasteiger partial charge in [-0.15, -0.1) is 5.48 Å². The molecule has 0 saturated carbocycles. The third kappa shape index (κ3) is 3.80. The second-order valence-electron chi connectivity index (χ2n) is 0.747. The van der Waals surface area contributed by atoms with E-state index < -0.39 is 6.10 Å². The predicted octanol–water partition coefficient (Wildman–Crippen LogP) is -2.45. The van der Waals surface area contributed by atoms with Crippen LogP contribution in [-0.4, -0.2) is 26.6 Å². The predicted molar refractivity (Wildman–Crippen MR) is 14.3 cm³/mol. The van der Waals surface area contributed by atoms with Gasteiger partial charge in [0.05, 0.1) is 0 Å². The summed E-state index contributed by atoms with van der Waals surface area (Å²) in [5, 5.41) is 30.1. The smallest absolute Gasteiger partial charge is 0.329 e. The number of nitrogens with one attached hydrogen (secondary N) is 1. The molecule has 6 heavy (non-hydrogen) atoms. The van der Waals surface area contributed by atoms with E-state index in [1.165, 1.54) is 0 Å². The van der Waals surface area contributed by atoms with Crippen LogP contribution in [0.5, 0.6) is 0 Å². The van der Waals surface area contributed by atoms with Gasteiger partial charge in [-0.25, -0.2) is 0 Å². The van der Waals surface area contributed by atoms with Gasteiger partial charge in [-0.1, -0.05) is 0 Å². The highest BCUT2D eigenvalue weighted by atomic mass is 16.7. The van der Waals surface area contributed by atoms with Gasteiger partial charge >= 0.3 is 6.10 Å². The van der Waals surface area contributed by atoms with Crippen LogP contribution >= 0.6 is 0 Å². The maximum absolute atomic E-state index is 7.58. The molecule has 0 aliphatic heterocycles. The summed E-state index contributed by atoms with van der Waals surface area (Å²) < 4.78 is 0. The average Bonchev–Trinajstić information content (AvgIpc) is 1.35. The second-order valence-corrected chi connectivity index (χ2v) is 0.747. The van der Waals surface area contributed by atoms with Gasteiger partial charge in [0.1, 0.15) is 0 Å². The normalized spacial score (nSPS) is 12.0. The highest BCUT2D eigenvalue weighted by molar-refractivity contribution is 4.20. The molecule has 0 atom stereocenters. The number of rotatable bonds is 1. The van der Waals surface area contributed by atoms with Crippen molar-refractivity contribution in [2.24, 2.45) is 0 Å². The molecule has 38 valence electrons. The minimum Gasteiger partial charge on any atom is -0.329 e. The van der Waals surface area contributed by atoms with Crippen LogP contribution in [0.15, 0.2) is 0 Å². The zero-order chi connectivity index (χ0) is 5.21. The van der Waals surface area contributed by atoms with Crippen molar-refractivity contribution >= 4 is 0 Å². The average molecular weight is 95.1 g/mol. The lowest BCUT2D eigenvalue weighted by Crippen LogP contribution is -2.42. The van der Waals surface area contributed by atoms with Gasteiger partial charge in [0, 0.05) is 0 Å². The first-order valence-corrected chi connectivity index (χ1v) is 1.14. The molecule has 0 saturated heterocycles. The largest absolute Gasteiger partial charge is 0.365 e. The molecule has 0 bridgehead atoms. The first kappa shape index (κ1) is 5.80. The summed E-state index contributed by atoms with van der Waals surface area (Å²) in [4.78, 5) is 0. The molecule has 0 aromatic rings. The van der Waals surface area contributed by atoms with E-state index in [9.17, 15) is 0 Å². The van der Waals surface area contributed by atoms with E-state index in [1.807, 2.05) is 0 Å². The molecular formula is CH5NO4. The van der Waals surface area contributed by atoms with Crippen LogP contribution in [-0.2, 0) is 0 Å². The fourth-order valence-electron chi connectivity index (χ4n) is 0. The molecule has 5 N–H and O–H groups in total. The lowest BCUT2D eigenvalue weighted by molar-refractivity contribution is -0.368. The van der Waals surface area contributed by atoms with Crippen LogP contribution < -0.4 is 5.48 Å². The lowest BCUT2D eigenvalue weighted by atomic mass is 11.0. The van der Waals surface area contributed by atoms with Crippen LogP contribution in [0.2, 0.25) is 0 Å². The Kier molecular flexibility index (Phi) is 1.45. The van der Waals surface area contributed by atoms with Crippen molar-refractivity contribution in [3.05, 3.63) is 0 Å². The van der Waals surface area contributed by atoms with Crippen molar-refractivity contribution < 1.29 is 20.5 Å². The van der Waals surface area contributed by atoms with E-state index in [0.717, 1.165) is 5.48 Å². The summed E-state index contributed by atoms with van der Waals surface area (Å²) in [7, 11) is 0. The Morgan fingerprint density at radius 1 is 1.17 bits per heavy atom. The highest BCUT2D eigenvalue weighted by Crippen LogP contribution is 1.76. The van der Waals surface area contributed by atoms with Crippen molar-refractivity contribution in [3.8, 4) is 0 Å². The Morgan fingerprint density at radius 3 is 1.33 bits per heavy atom. The van der Waals surface area contributed by atoms with Gasteiger partial charge in [0.15, 0.2) is 0 Å². The Balaban J connectivity index is 3.17. The molecule has 0 aliphatic carbocycles. The number of hydrogen-bond donors (Lipinski definition) is 5. The maximum atomic E-state index is 7.58. The van der Waals surface area contributed by atoms with Gasteiger partial charge in [-0.2, -0.15) is 0 Å². The number of hydrogen-bond acceptors (Lipinski definition) is 5. The van der Waals surface area contributed by atoms with Gasteiger partial charge in [0.25, 0.3) is 0 Å². The molecule has 0 aromatic heterocycles. The first-order valence-electron chi connectivity index (χ1n) is 1.14. The van der Waals surface area contributed by atoms with Gasteiger partial charge in [-0.05, 0) is 0 Å². The molecule has 5 nitrogen and oxygen atoms in total. The topological polar surface area (TPSA) is 93.0 Å². The standard InChI is InChI=1S/CH5NO4/c3-1(4,5)2-6/h2-6H. The Hall–Kier alpha value is -0.200. The summed E-state index contributed by atoms with van der Waals surface area (Å²) in [5.74, 6) is 0. The third-order valence-electron chi connectivity index (χ3n) is 0.150. The Labute approximate surface area is 33.4 Å². The summed E-state index contributed by atoms with van der Waals surface area (Å²) in [6.07, 6.45) is -3.15. The van der Waals surface area contributed by atoms with E-state index in [0.29, 0.717) is 0 Å². The van der Waals surface area contributed by atoms with E-state index in [1.54, 1.807) is 0 Å². The SMILES string of the molecule is ONC(O)(O)O. The molecule has 0 spiro atoms. The van der Waals surface area contributed by atoms with Gasteiger partial charge in [0.2, 0.25) is 0 Å². The minimum atomic E-state index is -3.15. The van der Waals surface area contributed by atoms with Crippen LogP contribution in [0.3, 0.4) is 0 Å². The van der Waals surface area contributed by atoms with Gasteiger partial charge < -0.3 is 20.5 Å². The van der Waals surface area contributed by atoms with Crippen molar-refractivity contribution in [1.82, 2.24) is 5.48 Å². The van der Waals surface area contributed by atoms with Gasteiger partial charge in [-0.3, -0.25) is 0 Å². The summed E-state index contributed by atoms with van der Waals surface area (Å²) in [5.41, 5.74) is 0.771. The van der Waals surface area contributed by atoms with E-state index >= 15 is 0 Å². The number of aliphatic hydroxyl groups is 3. The van der Waals surface area contributed by atoms with Crippen LogP contribution in [0.25, 0.3) is 0 Å². The molecule has 0 amide bonds. The first-order chi connectivity index (χ1) is 2.56. The molecule has 0 aromatic carbocycles. The number of hydroxylamine groups is 1. The molecule has 0 aliphatic rings. The quantitative estimate of drug-likeness (QED) is 0.184. The Bertz CT molecular complexity index is 37.3. The van der Waals surface area contributed by atoms with Crippen LogP contribution in [0.1, 0.15) is 0 Å². The third-order valence-corrected chi connectivity index (χ3v) is 0.150. The van der Waals surface area contributed by atoms with Crippen LogP contribution in [0.4, 0.5) is 0 Å². The highest BCUT2D eigenvalue weighted by Gasteiger charge is 2.13. The molecule has 5 heteroatoms. The van der Waals surface area contributed by atoms with E-state index in [-0.39, 0.29) is 0 Å². The molecule has 0 unspecified atom stereocenters. The van der Waals surface area contributed by atoms with Crippen molar-refractivity contribution in [3.63, 3.8) is 0 Å². The summed E-state index contributed by atoms with van der Waals surface area (Å²) >= 11 is 0. The molecule has 0 rings (SSSR count). The van der Waals surface area contributed by atoms with Crippen molar-refractivity contribution in [2.75, 3.05) is 0 Å². The van der Waals surface area contributed by atoms with E-state index in [2.05, 4.69) is 0 Å². The Morgan fingerprint density at radius 2 is 1.33 bits per heavy atom. The molecule has 0 fully saturated rings. The molecular weight excluding hydrogens is 90.0 g/mol. The van der Waals surface area contributed by atoms with Crippen molar-refractivity contribution in [1.29, 1.82) is 0 Å². The molecule has 0 heterocycles. The minimum absolute atomic E-state index is 0.771. The fraction of sp³-hybridized carbons (Fsp3) is 1.00.